The quantitative estimate of drug-likeness (QED) is 0.837. The van der Waals surface area contributed by atoms with Crippen LogP contribution in [-0.4, -0.2) is 42.5 Å². The molecule has 1 fully saturated rings. The largest absolute Gasteiger partial charge is 0.337 e. The summed E-state index contributed by atoms with van der Waals surface area (Å²) < 4.78 is 23.4. The van der Waals surface area contributed by atoms with Crippen molar-refractivity contribution in [3.63, 3.8) is 0 Å². The number of amides is 1. The van der Waals surface area contributed by atoms with Crippen molar-refractivity contribution in [3.8, 4) is 0 Å². The van der Waals surface area contributed by atoms with Crippen molar-refractivity contribution < 1.29 is 13.2 Å². The Morgan fingerprint density at radius 3 is 2.76 bits per heavy atom. The summed E-state index contributed by atoms with van der Waals surface area (Å²) in [5.41, 5.74) is 0.289. The number of aryl methyl sites for hydroxylation is 1. The summed E-state index contributed by atoms with van der Waals surface area (Å²) in [5.74, 6) is 0.128. The molecule has 1 aromatic rings. The van der Waals surface area contributed by atoms with Crippen LogP contribution in [0.5, 0.6) is 0 Å². The standard InChI is InChI=1S/C13H20ClN3O3S/c1-3-5-9-6-7-17(8-9)13(18)11-12(21(14,19)20)10(4-2)15-16-11/h9H,3-8H2,1-2H3,(H,15,16). The van der Waals surface area contributed by atoms with E-state index in [2.05, 4.69) is 17.1 Å². The highest BCUT2D eigenvalue weighted by Crippen LogP contribution is 2.27. The van der Waals surface area contributed by atoms with Crippen molar-refractivity contribution in [3.05, 3.63) is 11.4 Å². The molecular weight excluding hydrogens is 314 g/mol. The summed E-state index contributed by atoms with van der Waals surface area (Å²) in [5, 5.41) is 6.50. The average molecular weight is 334 g/mol. The smallest absolute Gasteiger partial charge is 0.275 e. The lowest BCUT2D eigenvalue weighted by Gasteiger charge is -2.15. The number of H-pyrrole nitrogens is 1. The number of carbonyl (C=O) groups is 1. The summed E-state index contributed by atoms with van der Waals surface area (Å²) in [4.78, 5) is 14.0. The van der Waals surface area contributed by atoms with Gasteiger partial charge in [-0.2, -0.15) is 5.10 Å². The number of aromatic amines is 1. The normalized spacial score (nSPS) is 19.2. The predicted octanol–water partition coefficient (Wildman–Crippen LogP) is 2.16. The Hall–Kier alpha value is -1.08. The number of rotatable bonds is 5. The maximum Gasteiger partial charge on any atom is 0.275 e. The Kier molecular flexibility index (Phi) is 4.93. The second-order valence-electron chi connectivity index (χ2n) is 5.37. The van der Waals surface area contributed by atoms with E-state index in [1.165, 1.54) is 0 Å². The van der Waals surface area contributed by atoms with Crippen LogP contribution in [0.3, 0.4) is 0 Å². The van der Waals surface area contributed by atoms with Gasteiger partial charge in [-0.25, -0.2) is 8.42 Å². The van der Waals surface area contributed by atoms with Crippen molar-refractivity contribution >= 4 is 25.6 Å². The van der Waals surface area contributed by atoms with Crippen LogP contribution >= 0.6 is 10.7 Å². The number of nitrogens with zero attached hydrogens (tertiary/aromatic N) is 2. The van der Waals surface area contributed by atoms with E-state index in [1.807, 2.05) is 0 Å². The highest BCUT2D eigenvalue weighted by molar-refractivity contribution is 8.13. The molecule has 2 heterocycles. The van der Waals surface area contributed by atoms with E-state index in [4.69, 9.17) is 10.7 Å². The summed E-state index contributed by atoms with van der Waals surface area (Å²) >= 11 is 0. The molecule has 1 aromatic heterocycles. The monoisotopic (exact) mass is 333 g/mol. The third kappa shape index (κ3) is 3.40. The van der Waals surface area contributed by atoms with Gasteiger partial charge in [0.25, 0.3) is 15.0 Å². The van der Waals surface area contributed by atoms with Crippen molar-refractivity contribution in [2.24, 2.45) is 5.92 Å². The van der Waals surface area contributed by atoms with E-state index in [1.54, 1.807) is 11.8 Å². The van der Waals surface area contributed by atoms with E-state index in [0.29, 0.717) is 31.1 Å². The maximum absolute atomic E-state index is 12.5. The molecule has 6 nitrogen and oxygen atoms in total. The van der Waals surface area contributed by atoms with Crippen LogP contribution in [0, 0.1) is 5.92 Å². The molecule has 0 saturated carbocycles. The van der Waals surface area contributed by atoms with Crippen molar-refractivity contribution in [1.82, 2.24) is 15.1 Å². The summed E-state index contributed by atoms with van der Waals surface area (Å²) in [6.07, 6.45) is 3.52. The molecule has 0 radical (unpaired) electrons. The van der Waals surface area contributed by atoms with Gasteiger partial charge in [0.1, 0.15) is 4.90 Å². The number of likely N-dealkylation sites (tertiary alicyclic amines) is 1. The molecular formula is C13H20ClN3O3S. The molecule has 1 atom stereocenters. The second kappa shape index (κ2) is 6.36. The van der Waals surface area contributed by atoms with Crippen molar-refractivity contribution in [2.75, 3.05) is 13.1 Å². The number of hydrogen-bond acceptors (Lipinski definition) is 4. The lowest BCUT2D eigenvalue weighted by molar-refractivity contribution is 0.0777. The lowest BCUT2D eigenvalue weighted by Crippen LogP contribution is -2.30. The van der Waals surface area contributed by atoms with E-state index in [0.717, 1.165) is 19.3 Å². The number of halogens is 1. The van der Waals surface area contributed by atoms with Crippen LogP contribution in [0.15, 0.2) is 4.90 Å². The number of hydrogen-bond donors (Lipinski definition) is 1. The predicted molar refractivity (Wildman–Crippen MR) is 79.9 cm³/mol. The first-order valence-electron chi connectivity index (χ1n) is 7.19. The Morgan fingerprint density at radius 2 is 2.19 bits per heavy atom. The molecule has 21 heavy (non-hydrogen) atoms. The molecule has 0 bridgehead atoms. The molecule has 0 aliphatic carbocycles. The highest BCUT2D eigenvalue weighted by atomic mass is 35.7. The summed E-state index contributed by atoms with van der Waals surface area (Å²) in [6, 6.07) is 0. The Bertz CT molecular complexity index is 627. The molecule has 1 unspecified atom stereocenters. The van der Waals surface area contributed by atoms with Gasteiger partial charge in [-0.05, 0) is 25.2 Å². The third-order valence-corrected chi connectivity index (χ3v) is 5.25. The molecule has 1 aliphatic heterocycles. The molecule has 0 spiro atoms. The minimum atomic E-state index is -4.00. The first kappa shape index (κ1) is 16.3. The first-order valence-corrected chi connectivity index (χ1v) is 9.50. The molecule has 8 heteroatoms. The first-order chi connectivity index (χ1) is 9.88. The van der Waals surface area contributed by atoms with E-state index >= 15 is 0 Å². The summed E-state index contributed by atoms with van der Waals surface area (Å²) in [7, 11) is 1.46. The fraction of sp³-hybridized carbons (Fsp3) is 0.692. The van der Waals surface area contributed by atoms with Crippen LogP contribution in [0.1, 0.15) is 49.3 Å². The van der Waals surface area contributed by atoms with Gasteiger partial charge in [-0.15, -0.1) is 0 Å². The summed E-state index contributed by atoms with van der Waals surface area (Å²) in [6.45, 7) is 5.19. The van der Waals surface area contributed by atoms with Crippen LogP contribution in [-0.2, 0) is 15.5 Å². The number of nitrogens with one attached hydrogen (secondary N) is 1. The third-order valence-electron chi connectivity index (χ3n) is 3.86. The minimum absolute atomic E-state index is 0.0843. The maximum atomic E-state index is 12.5. The molecule has 118 valence electrons. The SMILES string of the molecule is CCCC1CCN(C(=O)c2n[nH]c(CC)c2S(=O)(=O)Cl)C1. The average Bonchev–Trinajstić information content (AvgIpc) is 3.03. The second-order valence-corrected chi connectivity index (χ2v) is 7.87. The molecule has 1 aliphatic rings. The van der Waals surface area contributed by atoms with E-state index in [9.17, 15) is 13.2 Å². The van der Waals surface area contributed by atoms with Gasteiger partial charge in [0.05, 0.1) is 5.69 Å². The minimum Gasteiger partial charge on any atom is -0.337 e. The van der Waals surface area contributed by atoms with Gasteiger partial charge in [-0.3, -0.25) is 9.89 Å². The molecule has 0 aromatic carbocycles. The van der Waals surface area contributed by atoms with Crippen LogP contribution in [0.4, 0.5) is 0 Å². The Labute approximate surface area is 129 Å². The van der Waals surface area contributed by atoms with Gasteiger partial charge in [-0.1, -0.05) is 20.3 Å². The van der Waals surface area contributed by atoms with Crippen molar-refractivity contribution in [2.45, 2.75) is 44.4 Å². The molecule has 1 N–H and O–H groups in total. The van der Waals surface area contributed by atoms with Crippen LogP contribution in [0.25, 0.3) is 0 Å². The molecule has 1 saturated heterocycles. The number of aromatic nitrogens is 2. The number of carbonyl (C=O) groups excluding carboxylic acids is 1. The fourth-order valence-electron chi connectivity index (χ4n) is 2.83. The molecule has 2 rings (SSSR count). The van der Waals surface area contributed by atoms with Gasteiger partial charge < -0.3 is 4.90 Å². The zero-order valence-corrected chi connectivity index (χ0v) is 13.8. The van der Waals surface area contributed by atoms with Crippen LogP contribution < -0.4 is 0 Å². The van der Waals surface area contributed by atoms with Gasteiger partial charge >= 0.3 is 0 Å². The van der Waals surface area contributed by atoms with Gasteiger partial charge in [0, 0.05) is 23.8 Å². The Morgan fingerprint density at radius 1 is 1.48 bits per heavy atom. The molecule has 1 amide bonds. The Balaban J connectivity index is 2.27. The zero-order valence-electron chi connectivity index (χ0n) is 12.2. The topological polar surface area (TPSA) is 83.1 Å². The van der Waals surface area contributed by atoms with Gasteiger partial charge in [0.15, 0.2) is 5.69 Å². The highest BCUT2D eigenvalue weighted by Gasteiger charge is 2.33. The van der Waals surface area contributed by atoms with Gasteiger partial charge in [0.2, 0.25) is 0 Å². The van der Waals surface area contributed by atoms with Crippen molar-refractivity contribution in [1.29, 1.82) is 0 Å². The van der Waals surface area contributed by atoms with Crippen LogP contribution in [0.2, 0.25) is 0 Å². The van der Waals surface area contributed by atoms with E-state index in [-0.39, 0.29) is 16.5 Å². The fourth-order valence-corrected chi connectivity index (χ4v) is 4.17. The zero-order chi connectivity index (χ0) is 15.6. The lowest BCUT2D eigenvalue weighted by atomic mass is 10.0. The van der Waals surface area contributed by atoms with E-state index < -0.39 is 9.05 Å².